The molecule has 0 aliphatic heterocycles. The average molecular weight is 287 g/mol. The molecule has 2 aromatic rings. The van der Waals surface area contributed by atoms with Crippen molar-refractivity contribution in [2.24, 2.45) is 0 Å². The Kier molecular flexibility index (Phi) is 4.33. The van der Waals surface area contributed by atoms with Crippen molar-refractivity contribution in [1.29, 1.82) is 0 Å². The number of aryl methyl sites for hydroxylation is 1. The van der Waals surface area contributed by atoms with Gasteiger partial charge in [-0.25, -0.2) is 9.18 Å². The molecule has 0 fully saturated rings. The third-order valence-corrected chi connectivity index (χ3v) is 3.02. The summed E-state index contributed by atoms with van der Waals surface area (Å²) in [4.78, 5) is 22.8. The first-order valence-corrected chi connectivity index (χ1v) is 6.34. The van der Waals surface area contributed by atoms with Crippen LogP contribution in [0.3, 0.4) is 0 Å². The maximum absolute atomic E-state index is 12.8. The summed E-state index contributed by atoms with van der Waals surface area (Å²) in [5.74, 6) is -1.60. The number of carbonyl (C=O) groups is 2. The van der Waals surface area contributed by atoms with E-state index in [2.05, 4.69) is 5.32 Å². The molecule has 5 heteroatoms. The minimum absolute atomic E-state index is 0.125. The number of carboxylic acids is 1. The van der Waals surface area contributed by atoms with Gasteiger partial charge in [-0.1, -0.05) is 12.1 Å². The molecular formula is C16H14FNO3. The molecule has 2 aromatic carbocycles. The molecular weight excluding hydrogens is 273 g/mol. The van der Waals surface area contributed by atoms with Gasteiger partial charge in [0.15, 0.2) is 0 Å². The van der Waals surface area contributed by atoms with Gasteiger partial charge in [-0.05, 0) is 48.4 Å². The molecule has 0 spiro atoms. The molecule has 0 atom stereocenters. The highest BCUT2D eigenvalue weighted by atomic mass is 19.1. The molecule has 2 N–H and O–H groups in total. The van der Waals surface area contributed by atoms with Gasteiger partial charge in [-0.2, -0.15) is 0 Å². The lowest BCUT2D eigenvalue weighted by atomic mass is 10.1. The van der Waals surface area contributed by atoms with Gasteiger partial charge in [0.25, 0.3) is 0 Å². The van der Waals surface area contributed by atoms with Gasteiger partial charge >= 0.3 is 5.97 Å². The molecule has 0 aliphatic rings. The molecule has 0 unspecified atom stereocenters. The number of hydrogen-bond donors (Lipinski definition) is 2. The highest BCUT2D eigenvalue weighted by molar-refractivity contribution is 5.94. The van der Waals surface area contributed by atoms with E-state index in [1.54, 1.807) is 31.2 Å². The molecule has 0 radical (unpaired) electrons. The number of hydrogen-bond acceptors (Lipinski definition) is 2. The van der Waals surface area contributed by atoms with Crippen molar-refractivity contribution in [2.45, 2.75) is 13.3 Å². The normalized spacial score (nSPS) is 10.2. The zero-order valence-corrected chi connectivity index (χ0v) is 11.4. The van der Waals surface area contributed by atoms with Crippen molar-refractivity contribution in [2.75, 3.05) is 5.32 Å². The molecule has 0 aromatic heterocycles. The number of benzene rings is 2. The molecule has 1 amide bonds. The number of rotatable bonds is 4. The van der Waals surface area contributed by atoms with Gasteiger partial charge in [0.05, 0.1) is 12.0 Å². The highest BCUT2D eigenvalue weighted by Gasteiger charge is 2.09. The van der Waals surface area contributed by atoms with Crippen molar-refractivity contribution in [3.8, 4) is 0 Å². The molecule has 0 saturated carbocycles. The van der Waals surface area contributed by atoms with Crippen LogP contribution in [0.1, 0.15) is 21.5 Å². The van der Waals surface area contributed by atoms with Gasteiger partial charge in [0.2, 0.25) is 5.91 Å². The zero-order valence-electron chi connectivity index (χ0n) is 11.4. The Bertz CT molecular complexity index is 680. The number of anilines is 1. The standard InChI is InChI=1S/C16H14FNO3/c1-10-8-13(6-7-14(10)16(20)21)18-15(19)9-11-2-4-12(17)5-3-11/h2-8H,9H2,1H3,(H,18,19)(H,20,21). The Labute approximate surface area is 121 Å². The number of amides is 1. The van der Waals surface area contributed by atoms with Crippen molar-refractivity contribution in [3.05, 3.63) is 65.0 Å². The maximum atomic E-state index is 12.8. The van der Waals surface area contributed by atoms with Crippen LogP contribution in [0.15, 0.2) is 42.5 Å². The number of carbonyl (C=O) groups excluding carboxylic acids is 1. The molecule has 0 heterocycles. The fourth-order valence-electron chi connectivity index (χ4n) is 1.97. The number of carboxylic acid groups (broad SMARTS) is 1. The fraction of sp³-hybridized carbons (Fsp3) is 0.125. The van der Waals surface area contributed by atoms with Crippen molar-refractivity contribution < 1.29 is 19.1 Å². The van der Waals surface area contributed by atoms with E-state index >= 15 is 0 Å². The monoisotopic (exact) mass is 287 g/mol. The first kappa shape index (κ1) is 14.7. The molecule has 0 aliphatic carbocycles. The van der Waals surface area contributed by atoms with Crippen LogP contribution in [0.5, 0.6) is 0 Å². The van der Waals surface area contributed by atoms with E-state index in [-0.39, 0.29) is 23.7 Å². The Morgan fingerprint density at radius 3 is 2.38 bits per heavy atom. The van der Waals surface area contributed by atoms with Crippen LogP contribution in [0.2, 0.25) is 0 Å². The second kappa shape index (κ2) is 6.17. The summed E-state index contributed by atoms with van der Waals surface area (Å²) in [6.07, 6.45) is 0.125. The lowest BCUT2D eigenvalue weighted by Gasteiger charge is -2.08. The Hall–Kier alpha value is -2.69. The third kappa shape index (κ3) is 3.89. The third-order valence-electron chi connectivity index (χ3n) is 3.02. The van der Waals surface area contributed by atoms with E-state index in [1.807, 2.05) is 0 Å². The van der Waals surface area contributed by atoms with Gasteiger partial charge in [0.1, 0.15) is 5.82 Å². The van der Waals surface area contributed by atoms with E-state index in [4.69, 9.17) is 5.11 Å². The molecule has 2 rings (SSSR count). The van der Waals surface area contributed by atoms with Crippen molar-refractivity contribution in [1.82, 2.24) is 0 Å². The summed E-state index contributed by atoms with van der Waals surface area (Å²) in [5, 5.41) is 11.6. The molecule has 0 bridgehead atoms. The Morgan fingerprint density at radius 1 is 1.14 bits per heavy atom. The van der Waals surface area contributed by atoms with Crippen LogP contribution in [-0.4, -0.2) is 17.0 Å². The van der Waals surface area contributed by atoms with E-state index in [0.717, 1.165) is 0 Å². The predicted molar refractivity (Wildman–Crippen MR) is 76.9 cm³/mol. The van der Waals surface area contributed by atoms with Crippen LogP contribution in [-0.2, 0) is 11.2 Å². The minimum atomic E-state index is -1.00. The van der Waals surface area contributed by atoms with E-state index in [0.29, 0.717) is 16.8 Å². The quantitative estimate of drug-likeness (QED) is 0.908. The highest BCUT2D eigenvalue weighted by Crippen LogP contribution is 2.15. The van der Waals surface area contributed by atoms with Crippen LogP contribution in [0.4, 0.5) is 10.1 Å². The average Bonchev–Trinajstić information content (AvgIpc) is 2.41. The van der Waals surface area contributed by atoms with Crippen molar-refractivity contribution >= 4 is 17.6 Å². The number of aromatic carboxylic acids is 1. The van der Waals surface area contributed by atoms with Crippen molar-refractivity contribution in [3.63, 3.8) is 0 Å². The number of nitrogens with one attached hydrogen (secondary N) is 1. The number of halogens is 1. The van der Waals surface area contributed by atoms with Crippen LogP contribution < -0.4 is 5.32 Å². The lowest BCUT2D eigenvalue weighted by Crippen LogP contribution is -2.14. The largest absolute Gasteiger partial charge is 0.478 e. The van der Waals surface area contributed by atoms with Gasteiger partial charge < -0.3 is 10.4 Å². The van der Waals surface area contributed by atoms with E-state index < -0.39 is 5.97 Å². The first-order chi connectivity index (χ1) is 9.95. The molecule has 21 heavy (non-hydrogen) atoms. The van der Waals surface area contributed by atoms with E-state index in [9.17, 15) is 14.0 Å². The zero-order chi connectivity index (χ0) is 15.4. The van der Waals surface area contributed by atoms with Crippen LogP contribution in [0.25, 0.3) is 0 Å². The first-order valence-electron chi connectivity index (χ1n) is 6.34. The summed E-state index contributed by atoms with van der Waals surface area (Å²) in [6, 6.07) is 10.3. The topological polar surface area (TPSA) is 66.4 Å². The lowest BCUT2D eigenvalue weighted by molar-refractivity contribution is -0.115. The Morgan fingerprint density at radius 2 is 1.81 bits per heavy atom. The summed E-state index contributed by atoms with van der Waals surface area (Å²) in [7, 11) is 0. The predicted octanol–water partition coefficient (Wildman–Crippen LogP) is 3.01. The van der Waals surface area contributed by atoms with E-state index in [1.165, 1.54) is 18.2 Å². The molecule has 4 nitrogen and oxygen atoms in total. The second-order valence-corrected chi connectivity index (χ2v) is 4.69. The SMILES string of the molecule is Cc1cc(NC(=O)Cc2ccc(F)cc2)ccc1C(=O)O. The smallest absolute Gasteiger partial charge is 0.335 e. The summed E-state index contributed by atoms with van der Waals surface area (Å²) < 4.78 is 12.8. The van der Waals surface area contributed by atoms with Gasteiger partial charge in [-0.3, -0.25) is 4.79 Å². The summed E-state index contributed by atoms with van der Waals surface area (Å²) >= 11 is 0. The van der Waals surface area contributed by atoms with Gasteiger partial charge in [0, 0.05) is 5.69 Å². The summed E-state index contributed by atoms with van der Waals surface area (Å²) in [6.45, 7) is 1.67. The minimum Gasteiger partial charge on any atom is -0.478 e. The van der Waals surface area contributed by atoms with Crippen LogP contribution >= 0.6 is 0 Å². The maximum Gasteiger partial charge on any atom is 0.335 e. The Balaban J connectivity index is 2.04. The molecule has 108 valence electrons. The summed E-state index contributed by atoms with van der Waals surface area (Å²) in [5.41, 5.74) is 2.01. The second-order valence-electron chi connectivity index (χ2n) is 4.69. The van der Waals surface area contributed by atoms with Gasteiger partial charge in [-0.15, -0.1) is 0 Å². The molecule has 0 saturated heterocycles. The fourth-order valence-corrected chi connectivity index (χ4v) is 1.97. The van der Waals surface area contributed by atoms with Crippen LogP contribution in [0, 0.1) is 12.7 Å².